The molecule has 0 saturated heterocycles. The summed E-state index contributed by atoms with van der Waals surface area (Å²) in [4.78, 5) is 24.9. The maximum atomic E-state index is 12.7. The zero-order valence-corrected chi connectivity index (χ0v) is 20.0. The van der Waals surface area contributed by atoms with Crippen LogP contribution in [-0.2, 0) is 13.1 Å². The normalized spacial score (nSPS) is 12.2. The number of imidazole rings is 2. The smallest absolute Gasteiger partial charge is 0.327 e. The molecule has 2 N–H and O–H groups in total. The van der Waals surface area contributed by atoms with E-state index >= 15 is 0 Å². The highest BCUT2D eigenvalue weighted by atomic mass is 127. The Bertz CT molecular complexity index is 1330. The van der Waals surface area contributed by atoms with Crippen LogP contribution in [0.25, 0.3) is 11.4 Å². The Labute approximate surface area is 199 Å². The average Bonchev–Trinajstić information content (AvgIpc) is 3.19. The third-order valence-electron chi connectivity index (χ3n) is 4.95. The molecule has 5 rings (SSSR count). The van der Waals surface area contributed by atoms with Gasteiger partial charge in [0.25, 0.3) is 0 Å². The second kappa shape index (κ2) is 8.02. The Hall–Kier alpha value is -2.41. The first-order valence-electron chi connectivity index (χ1n) is 9.25. The molecular formula is C21H16I2N6O. The minimum absolute atomic E-state index is 0.181. The molecule has 0 amide bonds. The number of anilines is 1. The molecule has 1 aliphatic rings. The highest BCUT2D eigenvalue weighted by Gasteiger charge is 2.23. The fourth-order valence-electron chi connectivity index (χ4n) is 3.53. The van der Waals surface area contributed by atoms with Gasteiger partial charge < -0.3 is 14.9 Å². The third-order valence-corrected chi connectivity index (χ3v) is 6.67. The van der Waals surface area contributed by atoms with Gasteiger partial charge in [-0.05, 0) is 74.5 Å². The zero-order valence-electron chi connectivity index (χ0n) is 15.6. The van der Waals surface area contributed by atoms with Crippen LogP contribution in [0.1, 0.15) is 11.1 Å². The number of hydrogen-bond donors (Lipinski definition) is 2. The van der Waals surface area contributed by atoms with E-state index in [2.05, 4.69) is 83.7 Å². The lowest BCUT2D eigenvalue weighted by Crippen LogP contribution is -2.19. The summed E-state index contributed by atoms with van der Waals surface area (Å²) in [6.45, 7) is 1.11. The summed E-state index contributed by atoms with van der Waals surface area (Å²) in [6.07, 6.45) is 3.40. The third kappa shape index (κ3) is 3.60. The van der Waals surface area contributed by atoms with Gasteiger partial charge in [0.2, 0.25) is 0 Å². The van der Waals surface area contributed by atoms with E-state index in [9.17, 15) is 4.79 Å². The summed E-state index contributed by atoms with van der Waals surface area (Å²) in [5.74, 6) is 1.38. The van der Waals surface area contributed by atoms with Gasteiger partial charge in [-0.1, -0.05) is 30.3 Å². The maximum absolute atomic E-state index is 12.7. The number of H-pyrrole nitrogens is 1. The fourth-order valence-corrected chi connectivity index (χ4v) is 4.69. The Kier molecular flexibility index (Phi) is 5.23. The highest BCUT2D eigenvalue weighted by Crippen LogP contribution is 2.34. The number of aromatic nitrogens is 4. The predicted octanol–water partition coefficient (Wildman–Crippen LogP) is 4.43. The predicted molar refractivity (Wildman–Crippen MR) is 135 cm³/mol. The second-order valence-corrected chi connectivity index (χ2v) is 9.32. The molecule has 0 bridgehead atoms. The van der Waals surface area contributed by atoms with Gasteiger partial charge in [-0.15, -0.1) is 0 Å². The number of halogens is 2. The molecule has 150 valence electrons. The van der Waals surface area contributed by atoms with Crippen LogP contribution in [0.15, 0.2) is 64.6 Å². The number of benzene rings is 2. The summed E-state index contributed by atoms with van der Waals surface area (Å²) in [5, 5.41) is 3.17. The van der Waals surface area contributed by atoms with Crippen LogP contribution < -0.4 is 11.0 Å². The molecule has 2 aromatic carbocycles. The van der Waals surface area contributed by atoms with Crippen molar-refractivity contribution in [1.82, 2.24) is 19.1 Å². The molecule has 0 aliphatic carbocycles. The van der Waals surface area contributed by atoms with E-state index in [-0.39, 0.29) is 5.69 Å². The monoisotopic (exact) mass is 622 g/mol. The summed E-state index contributed by atoms with van der Waals surface area (Å²) < 4.78 is 5.99. The molecule has 0 fully saturated rings. The molecule has 1 aliphatic heterocycles. The van der Waals surface area contributed by atoms with Crippen LogP contribution in [0.3, 0.4) is 0 Å². The van der Waals surface area contributed by atoms with Crippen molar-refractivity contribution in [3.8, 4) is 11.4 Å². The van der Waals surface area contributed by atoms with Crippen LogP contribution in [0.2, 0.25) is 0 Å². The van der Waals surface area contributed by atoms with Crippen LogP contribution >= 0.6 is 45.2 Å². The molecule has 9 heteroatoms. The second-order valence-electron chi connectivity index (χ2n) is 6.91. The average molecular weight is 622 g/mol. The maximum Gasteiger partial charge on any atom is 0.327 e. The molecule has 4 aromatic rings. The highest BCUT2D eigenvalue weighted by molar-refractivity contribution is 14.1. The molecule has 30 heavy (non-hydrogen) atoms. The van der Waals surface area contributed by atoms with E-state index in [1.807, 2.05) is 34.9 Å². The van der Waals surface area contributed by atoms with Gasteiger partial charge in [0.05, 0.1) is 25.8 Å². The number of rotatable bonds is 4. The van der Waals surface area contributed by atoms with Crippen molar-refractivity contribution in [3.05, 3.63) is 83.6 Å². The first kappa shape index (κ1) is 19.5. The van der Waals surface area contributed by atoms with Gasteiger partial charge >= 0.3 is 5.69 Å². The van der Waals surface area contributed by atoms with Crippen molar-refractivity contribution in [3.63, 3.8) is 0 Å². The van der Waals surface area contributed by atoms with Crippen LogP contribution in [0, 0.1) is 7.14 Å². The van der Waals surface area contributed by atoms with E-state index in [0.717, 1.165) is 9.13 Å². The number of nitrogens with one attached hydrogen (secondary N) is 2. The van der Waals surface area contributed by atoms with Crippen molar-refractivity contribution in [2.24, 2.45) is 4.99 Å². The topological polar surface area (TPSA) is 80.0 Å². The molecule has 0 spiro atoms. The van der Waals surface area contributed by atoms with Crippen molar-refractivity contribution in [2.75, 3.05) is 5.32 Å². The summed E-state index contributed by atoms with van der Waals surface area (Å²) >= 11 is 4.61. The van der Waals surface area contributed by atoms with Gasteiger partial charge in [-0.3, -0.25) is 4.57 Å². The fraction of sp³-hybridized carbons (Fsp3) is 0.0952. The van der Waals surface area contributed by atoms with Crippen molar-refractivity contribution >= 4 is 63.2 Å². The summed E-state index contributed by atoms with van der Waals surface area (Å²) in [6, 6.07) is 16.3. The first-order chi connectivity index (χ1) is 14.6. The molecule has 7 nitrogen and oxygen atoms in total. The van der Waals surface area contributed by atoms with Gasteiger partial charge in [0, 0.05) is 7.14 Å². The molecule has 2 aromatic heterocycles. The van der Waals surface area contributed by atoms with E-state index in [1.165, 1.54) is 9.13 Å². The SMILES string of the molecule is O=c1[nH]c2c(n1Cc1cccc(I)c1)NC=Nc1c-2ncn1Cc1ccccc1I. The quantitative estimate of drug-likeness (QED) is 0.331. The van der Waals surface area contributed by atoms with E-state index < -0.39 is 0 Å². The molecule has 0 saturated carbocycles. The number of aliphatic imine (C=N–C) groups is 1. The number of aromatic amines is 1. The van der Waals surface area contributed by atoms with E-state index in [1.54, 1.807) is 17.2 Å². The minimum atomic E-state index is -0.181. The Morgan fingerprint density at radius 2 is 1.90 bits per heavy atom. The van der Waals surface area contributed by atoms with E-state index in [0.29, 0.717) is 36.1 Å². The lowest BCUT2D eigenvalue weighted by Gasteiger charge is -2.07. The van der Waals surface area contributed by atoms with Crippen LogP contribution in [0.4, 0.5) is 11.6 Å². The molecule has 0 atom stereocenters. The largest absolute Gasteiger partial charge is 0.330 e. The zero-order chi connectivity index (χ0) is 20.7. The molecule has 0 unspecified atom stereocenters. The minimum Gasteiger partial charge on any atom is -0.330 e. The molecule has 3 heterocycles. The number of hydrogen-bond acceptors (Lipinski definition) is 4. The van der Waals surface area contributed by atoms with Gasteiger partial charge in [0.1, 0.15) is 17.2 Å². The van der Waals surface area contributed by atoms with E-state index in [4.69, 9.17) is 0 Å². The van der Waals surface area contributed by atoms with Crippen molar-refractivity contribution in [1.29, 1.82) is 0 Å². The van der Waals surface area contributed by atoms with Crippen LogP contribution in [0.5, 0.6) is 0 Å². The van der Waals surface area contributed by atoms with Gasteiger partial charge in [0.15, 0.2) is 5.82 Å². The van der Waals surface area contributed by atoms with Gasteiger partial charge in [-0.2, -0.15) is 0 Å². The Morgan fingerprint density at radius 1 is 1.03 bits per heavy atom. The first-order valence-corrected chi connectivity index (χ1v) is 11.4. The standard InChI is InChI=1S/C21H16I2N6O/c22-15-6-3-4-13(8-15)9-29-20-18(27-21(29)30)17-19(24-11-25-20)28(12-26-17)10-14-5-1-2-7-16(14)23/h1-8,11-12H,9-10H2,(H,24,25)(H,27,30). The Morgan fingerprint density at radius 3 is 2.73 bits per heavy atom. The van der Waals surface area contributed by atoms with Crippen molar-refractivity contribution in [2.45, 2.75) is 13.1 Å². The molecule has 0 radical (unpaired) electrons. The van der Waals surface area contributed by atoms with Crippen molar-refractivity contribution < 1.29 is 0 Å². The summed E-state index contributed by atoms with van der Waals surface area (Å²) in [5.41, 5.74) is 3.38. The number of nitrogens with zero attached hydrogens (tertiary/aromatic N) is 4. The van der Waals surface area contributed by atoms with Gasteiger partial charge in [-0.25, -0.2) is 14.8 Å². The lowest BCUT2D eigenvalue weighted by atomic mass is 10.2. The lowest BCUT2D eigenvalue weighted by molar-refractivity contribution is 0.770. The summed E-state index contributed by atoms with van der Waals surface area (Å²) in [7, 11) is 0. The van der Waals surface area contributed by atoms with Crippen LogP contribution in [-0.4, -0.2) is 25.4 Å². The Balaban J connectivity index is 1.55. The molecular weight excluding hydrogens is 606 g/mol. The number of fused-ring (bicyclic) bond motifs is 3.